The van der Waals surface area contributed by atoms with Crippen LogP contribution in [0.4, 0.5) is 5.82 Å². The van der Waals surface area contributed by atoms with Gasteiger partial charge in [-0.15, -0.1) is 0 Å². The zero-order valence-corrected chi connectivity index (χ0v) is 17.1. The molecule has 2 aliphatic rings. The molecule has 0 bridgehead atoms. The third-order valence-corrected chi connectivity index (χ3v) is 6.42. The van der Waals surface area contributed by atoms with Crippen molar-refractivity contribution in [1.82, 2.24) is 15.2 Å². The molecule has 0 spiro atoms. The minimum Gasteiger partial charge on any atom is -0.464 e. The third-order valence-electron chi connectivity index (χ3n) is 6.42. The second-order valence-electron chi connectivity index (χ2n) is 8.46. The minimum absolute atomic E-state index is 0.108. The van der Waals surface area contributed by atoms with Crippen molar-refractivity contribution in [3.05, 3.63) is 24.1 Å². The number of anilines is 1. The van der Waals surface area contributed by atoms with Crippen molar-refractivity contribution in [3.8, 4) is 0 Å². The first kappa shape index (κ1) is 19.2. The predicted molar refractivity (Wildman–Crippen MR) is 112 cm³/mol. The van der Waals surface area contributed by atoms with E-state index in [0.29, 0.717) is 6.04 Å². The third kappa shape index (κ3) is 4.32. The van der Waals surface area contributed by atoms with Gasteiger partial charge in [-0.1, -0.05) is 0 Å². The van der Waals surface area contributed by atoms with Crippen LogP contribution in [0.5, 0.6) is 0 Å². The molecule has 1 saturated heterocycles. The van der Waals surface area contributed by atoms with Gasteiger partial charge in [0.2, 0.25) is 5.91 Å². The molecule has 6 nitrogen and oxygen atoms in total. The quantitative estimate of drug-likeness (QED) is 0.857. The van der Waals surface area contributed by atoms with Crippen LogP contribution in [0, 0.1) is 12.8 Å². The van der Waals surface area contributed by atoms with E-state index in [1.165, 1.54) is 25.8 Å². The Morgan fingerprint density at radius 1 is 1.21 bits per heavy atom. The Kier molecular flexibility index (Phi) is 5.85. The fourth-order valence-electron chi connectivity index (χ4n) is 4.76. The van der Waals surface area contributed by atoms with E-state index in [-0.39, 0.29) is 5.91 Å². The summed E-state index contributed by atoms with van der Waals surface area (Å²) in [6.07, 6.45) is 9.73. The van der Waals surface area contributed by atoms with Crippen LogP contribution in [-0.4, -0.2) is 54.6 Å². The summed E-state index contributed by atoms with van der Waals surface area (Å²) < 4.78 is 5.64. The number of nitrogens with zero attached hydrogens (tertiary/aromatic N) is 3. The highest BCUT2D eigenvalue weighted by Gasteiger charge is 2.24. The molecule has 3 heterocycles. The van der Waals surface area contributed by atoms with Gasteiger partial charge in [0.05, 0.1) is 11.6 Å². The first-order valence-electron chi connectivity index (χ1n) is 10.7. The van der Waals surface area contributed by atoms with Crippen LogP contribution in [0.1, 0.15) is 44.6 Å². The maximum Gasteiger partial charge on any atom is 0.217 e. The molecule has 2 fully saturated rings. The van der Waals surface area contributed by atoms with Crippen LogP contribution >= 0.6 is 0 Å². The van der Waals surface area contributed by atoms with Crippen molar-refractivity contribution < 1.29 is 9.21 Å². The smallest absolute Gasteiger partial charge is 0.217 e. The number of hydrogen-bond acceptors (Lipinski definition) is 5. The monoisotopic (exact) mass is 384 g/mol. The summed E-state index contributed by atoms with van der Waals surface area (Å²) in [4.78, 5) is 20.9. The van der Waals surface area contributed by atoms with Crippen LogP contribution < -0.4 is 10.2 Å². The van der Waals surface area contributed by atoms with Gasteiger partial charge in [-0.05, 0) is 57.6 Å². The Bertz CT molecular complexity index is 802. The summed E-state index contributed by atoms with van der Waals surface area (Å²) in [5.74, 6) is 1.98. The fraction of sp³-hybridized carbons (Fsp3) is 0.636. The van der Waals surface area contributed by atoms with E-state index in [1.807, 2.05) is 19.2 Å². The van der Waals surface area contributed by atoms with Crippen LogP contribution in [0.3, 0.4) is 0 Å². The second kappa shape index (κ2) is 8.52. The number of fused-ring (bicyclic) bond motifs is 1. The Balaban J connectivity index is 1.23. The van der Waals surface area contributed by atoms with Gasteiger partial charge in [-0.25, -0.2) is 4.98 Å². The average molecular weight is 385 g/mol. The first-order valence-corrected chi connectivity index (χ1v) is 10.7. The topological polar surface area (TPSA) is 61.6 Å². The maximum atomic E-state index is 11.2. The van der Waals surface area contributed by atoms with Crippen molar-refractivity contribution in [2.24, 2.45) is 5.92 Å². The minimum atomic E-state index is 0.108. The Morgan fingerprint density at radius 3 is 2.68 bits per heavy atom. The molecule has 0 radical (unpaired) electrons. The van der Waals surface area contributed by atoms with Crippen LogP contribution in [0.25, 0.3) is 11.0 Å². The molecule has 6 heteroatoms. The highest BCUT2D eigenvalue weighted by Crippen LogP contribution is 2.29. The Hall–Kier alpha value is -2.08. The van der Waals surface area contributed by atoms with Gasteiger partial charge in [0.1, 0.15) is 11.4 Å². The molecule has 1 N–H and O–H groups in total. The van der Waals surface area contributed by atoms with Crippen LogP contribution in [-0.2, 0) is 4.79 Å². The standard InChI is InChI=1S/C22H32N4O2/c1-16-15-23-22(20-8-14-28-21(16)20)26-12-10-25(11-13-26)9-7-18-3-5-19(6-4-18)24-17(2)27/h8,14-15,18-19H,3-7,9-13H2,1-2H3,(H,24,27). The van der Waals surface area contributed by atoms with Gasteiger partial charge in [0, 0.05) is 50.9 Å². The van der Waals surface area contributed by atoms with E-state index < -0.39 is 0 Å². The maximum absolute atomic E-state index is 11.2. The van der Waals surface area contributed by atoms with Gasteiger partial charge in [0.15, 0.2) is 0 Å². The SMILES string of the molecule is CC(=O)NC1CCC(CCN2CCN(c3ncc(C)c4occc34)CC2)CC1. The average Bonchev–Trinajstić information content (AvgIpc) is 3.19. The summed E-state index contributed by atoms with van der Waals surface area (Å²) in [6, 6.07) is 2.44. The summed E-state index contributed by atoms with van der Waals surface area (Å²) in [5, 5.41) is 4.20. The van der Waals surface area contributed by atoms with E-state index in [2.05, 4.69) is 15.1 Å². The predicted octanol–water partition coefficient (Wildman–Crippen LogP) is 3.34. The molecule has 0 aromatic carbocycles. The van der Waals surface area contributed by atoms with Crippen LogP contribution in [0.15, 0.2) is 22.9 Å². The molecule has 1 saturated carbocycles. The molecule has 1 aliphatic heterocycles. The lowest BCUT2D eigenvalue weighted by Gasteiger charge is -2.37. The van der Waals surface area contributed by atoms with Crippen LogP contribution in [0.2, 0.25) is 0 Å². The number of nitrogens with one attached hydrogen (secondary N) is 1. The Morgan fingerprint density at radius 2 is 1.96 bits per heavy atom. The van der Waals surface area contributed by atoms with Crippen molar-refractivity contribution >= 4 is 22.7 Å². The van der Waals surface area contributed by atoms with Crippen molar-refractivity contribution in [1.29, 1.82) is 0 Å². The van der Waals surface area contributed by atoms with Gasteiger partial charge in [-0.3, -0.25) is 9.69 Å². The number of furan rings is 1. The largest absolute Gasteiger partial charge is 0.464 e. The zero-order valence-electron chi connectivity index (χ0n) is 17.1. The fourth-order valence-corrected chi connectivity index (χ4v) is 4.76. The molecular weight excluding hydrogens is 352 g/mol. The summed E-state index contributed by atoms with van der Waals surface area (Å²) in [6.45, 7) is 9.08. The first-order chi connectivity index (χ1) is 13.6. The summed E-state index contributed by atoms with van der Waals surface area (Å²) in [7, 11) is 0. The van der Waals surface area contributed by atoms with E-state index in [9.17, 15) is 4.79 Å². The normalized spacial score (nSPS) is 23.9. The van der Waals surface area contributed by atoms with E-state index >= 15 is 0 Å². The number of hydrogen-bond donors (Lipinski definition) is 1. The van der Waals surface area contributed by atoms with Gasteiger partial charge < -0.3 is 14.6 Å². The number of pyridine rings is 1. The number of rotatable bonds is 5. The molecule has 2 aromatic heterocycles. The number of carbonyl (C=O) groups excluding carboxylic acids is 1. The number of aromatic nitrogens is 1. The molecule has 2 aromatic rings. The molecule has 28 heavy (non-hydrogen) atoms. The lowest BCUT2D eigenvalue weighted by molar-refractivity contribution is -0.119. The number of aryl methyl sites for hydroxylation is 1. The number of carbonyl (C=O) groups is 1. The highest BCUT2D eigenvalue weighted by molar-refractivity contribution is 5.90. The molecule has 4 rings (SSSR count). The van der Waals surface area contributed by atoms with E-state index in [4.69, 9.17) is 9.40 Å². The molecular formula is C22H32N4O2. The molecule has 1 aliphatic carbocycles. The molecule has 152 valence electrons. The number of amides is 1. The van der Waals surface area contributed by atoms with Gasteiger partial charge in [0.25, 0.3) is 0 Å². The molecule has 0 unspecified atom stereocenters. The van der Waals surface area contributed by atoms with Crippen molar-refractivity contribution in [2.45, 2.75) is 52.0 Å². The highest BCUT2D eigenvalue weighted by atomic mass is 16.3. The lowest BCUT2D eigenvalue weighted by atomic mass is 9.84. The van der Waals surface area contributed by atoms with Crippen molar-refractivity contribution in [3.63, 3.8) is 0 Å². The second-order valence-corrected chi connectivity index (χ2v) is 8.46. The zero-order chi connectivity index (χ0) is 19.5. The summed E-state index contributed by atoms with van der Waals surface area (Å²) >= 11 is 0. The van der Waals surface area contributed by atoms with Gasteiger partial charge >= 0.3 is 0 Å². The molecule has 0 atom stereocenters. The Labute approximate surface area is 167 Å². The van der Waals surface area contributed by atoms with Gasteiger partial charge in [-0.2, -0.15) is 0 Å². The summed E-state index contributed by atoms with van der Waals surface area (Å²) in [5.41, 5.74) is 2.05. The molecule has 1 amide bonds. The number of piperazine rings is 1. The van der Waals surface area contributed by atoms with E-state index in [1.54, 1.807) is 13.2 Å². The van der Waals surface area contributed by atoms with E-state index in [0.717, 1.165) is 67.3 Å². The van der Waals surface area contributed by atoms with Crippen molar-refractivity contribution in [2.75, 3.05) is 37.6 Å². The lowest BCUT2D eigenvalue weighted by Crippen LogP contribution is -2.47.